The number of hydrogen-bond donors (Lipinski definition) is 0. The number of ether oxygens (including phenoxy) is 1. The molecule has 0 N–H and O–H groups in total. The highest BCUT2D eigenvalue weighted by atomic mass is 32.2. The van der Waals surface area contributed by atoms with E-state index in [0.29, 0.717) is 26.2 Å². The lowest BCUT2D eigenvalue weighted by Crippen LogP contribution is -2.21. The third-order valence-corrected chi connectivity index (χ3v) is 5.11. The average molecular weight is 381 g/mol. The highest BCUT2D eigenvalue weighted by Gasteiger charge is 2.19. The van der Waals surface area contributed by atoms with Gasteiger partial charge in [0.1, 0.15) is 0 Å². The largest absolute Gasteiger partial charge is 0.385 e. The number of pyridine rings is 1. The minimum atomic E-state index is -3.37. The Labute approximate surface area is 155 Å². The van der Waals surface area contributed by atoms with E-state index in [-0.39, 0.29) is 5.16 Å². The van der Waals surface area contributed by atoms with Crippen LogP contribution in [0.4, 0.5) is 0 Å². The summed E-state index contributed by atoms with van der Waals surface area (Å²) in [7, 11) is 0.252. The number of sulfone groups is 1. The summed E-state index contributed by atoms with van der Waals surface area (Å²) >= 11 is 0. The summed E-state index contributed by atoms with van der Waals surface area (Å²) < 4.78 is 30.9. The highest BCUT2D eigenvalue weighted by molar-refractivity contribution is 7.90. The van der Waals surface area contributed by atoms with Crippen LogP contribution in [0.2, 0.25) is 0 Å². The molecule has 0 aliphatic carbocycles. The normalized spacial score (nSPS) is 12.0. The molecule has 0 unspecified atom stereocenters. The van der Waals surface area contributed by atoms with Crippen LogP contribution in [0.3, 0.4) is 0 Å². The zero-order chi connectivity index (χ0) is 19.2. The Morgan fingerprint density at radius 1 is 1.19 bits per heavy atom. The number of hydrogen-bond acceptors (Lipinski definition) is 6. The minimum Gasteiger partial charge on any atom is -0.385 e. The third kappa shape index (κ3) is 5.62. The SMILES string of the molecule is CCc1ccc(CN(C)Cc2cnc(S(C)(=O)=O)n2CCCOC)nc1. The summed E-state index contributed by atoms with van der Waals surface area (Å²) in [5.74, 6) is 0. The second-order valence-electron chi connectivity index (χ2n) is 6.49. The Morgan fingerprint density at radius 2 is 1.96 bits per heavy atom. The van der Waals surface area contributed by atoms with Crippen molar-refractivity contribution in [3.63, 3.8) is 0 Å². The minimum absolute atomic E-state index is 0.113. The molecule has 0 aromatic carbocycles. The molecule has 2 heterocycles. The van der Waals surface area contributed by atoms with Crippen LogP contribution in [-0.4, -0.2) is 54.9 Å². The number of imidazole rings is 1. The molecule has 0 bridgehead atoms. The van der Waals surface area contributed by atoms with Gasteiger partial charge < -0.3 is 9.30 Å². The van der Waals surface area contributed by atoms with Crippen molar-refractivity contribution in [2.24, 2.45) is 0 Å². The maximum atomic E-state index is 12.0. The van der Waals surface area contributed by atoms with Crippen molar-refractivity contribution in [3.05, 3.63) is 41.5 Å². The second kappa shape index (κ2) is 9.25. The fourth-order valence-electron chi connectivity index (χ4n) is 2.79. The lowest BCUT2D eigenvalue weighted by atomic mass is 10.2. The summed E-state index contributed by atoms with van der Waals surface area (Å²) in [5.41, 5.74) is 3.07. The maximum Gasteiger partial charge on any atom is 0.227 e. The van der Waals surface area contributed by atoms with Gasteiger partial charge in [0, 0.05) is 45.8 Å². The molecule has 2 aromatic heterocycles. The first-order chi connectivity index (χ1) is 12.3. The zero-order valence-electron chi connectivity index (χ0n) is 16.0. The van der Waals surface area contributed by atoms with E-state index >= 15 is 0 Å². The van der Waals surface area contributed by atoms with Gasteiger partial charge in [-0.3, -0.25) is 9.88 Å². The Hall–Kier alpha value is -1.77. The van der Waals surface area contributed by atoms with Gasteiger partial charge in [0.25, 0.3) is 0 Å². The van der Waals surface area contributed by atoms with Crippen molar-refractivity contribution < 1.29 is 13.2 Å². The van der Waals surface area contributed by atoms with E-state index in [9.17, 15) is 8.42 Å². The Bertz CT molecular complexity index is 800. The maximum absolute atomic E-state index is 12.0. The highest BCUT2D eigenvalue weighted by Crippen LogP contribution is 2.15. The molecular formula is C18H28N4O3S. The van der Waals surface area contributed by atoms with Gasteiger partial charge in [0.15, 0.2) is 0 Å². The molecule has 0 aliphatic heterocycles. The molecule has 0 saturated heterocycles. The fourth-order valence-corrected chi connectivity index (χ4v) is 3.64. The van der Waals surface area contributed by atoms with E-state index in [1.165, 1.54) is 11.8 Å². The Kier molecular flexibility index (Phi) is 7.31. The topological polar surface area (TPSA) is 77.3 Å². The molecule has 0 fully saturated rings. The molecule has 2 aromatic rings. The number of aromatic nitrogens is 3. The van der Waals surface area contributed by atoms with Crippen molar-refractivity contribution in [1.29, 1.82) is 0 Å². The van der Waals surface area contributed by atoms with Gasteiger partial charge in [-0.1, -0.05) is 13.0 Å². The van der Waals surface area contributed by atoms with Crippen LogP contribution in [-0.2, 0) is 40.6 Å². The molecule has 0 radical (unpaired) electrons. The van der Waals surface area contributed by atoms with E-state index < -0.39 is 9.84 Å². The van der Waals surface area contributed by atoms with E-state index in [2.05, 4.69) is 27.9 Å². The van der Waals surface area contributed by atoms with Crippen molar-refractivity contribution in [2.45, 2.75) is 44.6 Å². The predicted octanol–water partition coefficient (Wildman–Crippen LogP) is 1.91. The van der Waals surface area contributed by atoms with Crippen molar-refractivity contribution >= 4 is 9.84 Å². The van der Waals surface area contributed by atoms with Gasteiger partial charge in [-0.25, -0.2) is 13.4 Å². The molecule has 0 amide bonds. The Balaban J connectivity index is 2.12. The van der Waals surface area contributed by atoms with Crippen LogP contribution < -0.4 is 0 Å². The van der Waals surface area contributed by atoms with E-state index in [4.69, 9.17) is 4.74 Å². The second-order valence-corrected chi connectivity index (χ2v) is 8.40. The molecule has 26 heavy (non-hydrogen) atoms. The van der Waals surface area contributed by atoms with Gasteiger partial charge in [-0.15, -0.1) is 0 Å². The van der Waals surface area contributed by atoms with Crippen LogP contribution >= 0.6 is 0 Å². The van der Waals surface area contributed by atoms with Gasteiger partial charge in [-0.2, -0.15) is 0 Å². The van der Waals surface area contributed by atoms with Gasteiger partial charge in [0.05, 0.1) is 17.6 Å². The first kappa shape index (κ1) is 20.5. The molecule has 2 rings (SSSR count). The van der Waals surface area contributed by atoms with E-state index in [1.807, 2.05) is 19.3 Å². The average Bonchev–Trinajstić information content (AvgIpc) is 2.98. The van der Waals surface area contributed by atoms with Crippen molar-refractivity contribution in [3.8, 4) is 0 Å². The quantitative estimate of drug-likeness (QED) is 0.586. The summed E-state index contributed by atoms with van der Waals surface area (Å²) in [4.78, 5) is 10.7. The number of aryl methyl sites for hydroxylation is 1. The van der Waals surface area contributed by atoms with Crippen LogP contribution in [0, 0.1) is 0 Å². The molecule has 144 valence electrons. The Morgan fingerprint density at radius 3 is 2.54 bits per heavy atom. The molecule has 0 atom stereocenters. The van der Waals surface area contributed by atoms with Crippen molar-refractivity contribution in [2.75, 3.05) is 27.0 Å². The van der Waals surface area contributed by atoms with E-state index in [1.54, 1.807) is 17.9 Å². The summed E-state index contributed by atoms with van der Waals surface area (Å²) in [5, 5.41) is 0.113. The molecular weight excluding hydrogens is 352 g/mol. The van der Waals surface area contributed by atoms with Gasteiger partial charge >= 0.3 is 0 Å². The van der Waals surface area contributed by atoms with Crippen LogP contribution in [0.15, 0.2) is 29.7 Å². The van der Waals surface area contributed by atoms with Crippen LogP contribution in [0.1, 0.15) is 30.3 Å². The number of nitrogens with zero attached hydrogens (tertiary/aromatic N) is 4. The summed E-state index contributed by atoms with van der Waals surface area (Å²) in [6.07, 6.45) is 6.44. The van der Waals surface area contributed by atoms with Crippen LogP contribution in [0.5, 0.6) is 0 Å². The lowest BCUT2D eigenvalue weighted by molar-refractivity contribution is 0.188. The van der Waals surface area contributed by atoms with E-state index in [0.717, 1.165) is 24.2 Å². The van der Waals surface area contributed by atoms with Gasteiger partial charge in [0.2, 0.25) is 15.0 Å². The zero-order valence-corrected chi connectivity index (χ0v) is 16.8. The molecule has 0 saturated carbocycles. The smallest absolute Gasteiger partial charge is 0.227 e. The molecule has 0 aliphatic rings. The number of methoxy groups -OCH3 is 1. The molecule has 7 nitrogen and oxygen atoms in total. The standard InChI is InChI=1S/C18H28N4O3S/c1-5-15-7-8-16(19-11-15)13-21(2)14-17-12-20-18(26(4,23)24)22(17)9-6-10-25-3/h7-8,11-12H,5-6,9-10,13-14H2,1-4H3. The van der Waals surface area contributed by atoms with Gasteiger partial charge in [-0.05, 0) is 31.5 Å². The fraction of sp³-hybridized carbons (Fsp3) is 0.556. The summed E-state index contributed by atoms with van der Waals surface area (Å²) in [6, 6.07) is 4.13. The lowest BCUT2D eigenvalue weighted by Gasteiger charge is -2.18. The monoisotopic (exact) mass is 380 g/mol. The van der Waals surface area contributed by atoms with Crippen molar-refractivity contribution in [1.82, 2.24) is 19.4 Å². The number of rotatable bonds is 10. The third-order valence-electron chi connectivity index (χ3n) is 4.12. The molecule has 8 heteroatoms. The van der Waals surface area contributed by atoms with Crippen LogP contribution in [0.25, 0.3) is 0 Å². The predicted molar refractivity (Wildman–Crippen MR) is 101 cm³/mol. The first-order valence-corrected chi connectivity index (χ1v) is 10.6. The first-order valence-electron chi connectivity index (χ1n) is 8.71. The molecule has 0 spiro atoms. The summed E-state index contributed by atoms with van der Waals surface area (Å²) in [6.45, 7) is 4.51.